The summed E-state index contributed by atoms with van der Waals surface area (Å²) in [4.78, 5) is 14.9. The number of halogens is 1. The fraction of sp³-hybridized carbons (Fsp3) is 0.333. The molecule has 0 aromatic carbocycles. The third kappa shape index (κ3) is 2.60. The van der Waals surface area contributed by atoms with Crippen LogP contribution in [0.15, 0.2) is 12.3 Å². The second kappa shape index (κ2) is 4.81. The average molecular weight is 215 g/mol. The number of rotatable bonds is 3. The normalized spacial score (nSPS) is 9.86. The molecule has 0 fully saturated rings. The first-order valence-electron chi connectivity index (χ1n) is 4.19. The highest BCUT2D eigenvalue weighted by Gasteiger charge is 2.09. The Morgan fingerprint density at radius 3 is 3.07 bits per heavy atom. The second-order valence-electron chi connectivity index (χ2n) is 2.65. The van der Waals surface area contributed by atoms with Crippen molar-refractivity contribution in [2.75, 3.05) is 12.3 Å². The van der Waals surface area contributed by atoms with Crippen molar-refractivity contribution < 1.29 is 9.53 Å². The van der Waals surface area contributed by atoms with Crippen LogP contribution in [-0.2, 0) is 16.0 Å². The molecule has 0 unspecified atom stereocenters. The van der Waals surface area contributed by atoms with E-state index >= 15 is 0 Å². The van der Waals surface area contributed by atoms with Gasteiger partial charge >= 0.3 is 5.97 Å². The number of carbonyl (C=O) groups is 1. The lowest BCUT2D eigenvalue weighted by molar-refractivity contribution is -0.142. The van der Waals surface area contributed by atoms with Crippen molar-refractivity contribution >= 4 is 23.4 Å². The second-order valence-corrected chi connectivity index (χ2v) is 3.03. The molecule has 1 rings (SSSR count). The molecule has 4 nitrogen and oxygen atoms in total. The summed E-state index contributed by atoms with van der Waals surface area (Å²) in [5.74, 6) is -0.0894. The van der Waals surface area contributed by atoms with Gasteiger partial charge in [0, 0.05) is 6.20 Å². The SMILES string of the molecule is CCOC(=O)Cc1ccnc(N)c1Cl. The predicted octanol–water partition coefficient (Wildman–Crippen LogP) is 1.42. The van der Waals surface area contributed by atoms with Crippen LogP contribution >= 0.6 is 11.6 Å². The van der Waals surface area contributed by atoms with Crippen LogP contribution in [0, 0.1) is 0 Å². The number of nitrogens with two attached hydrogens (primary N) is 1. The fourth-order valence-electron chi connectivity index (χ4n) is 1.01. The largest absolute Gasteiger partial charge is 0.466 e. The van der Waals surface area contributed by atoms with Crippen molar-refractivity contribution in [3.8, 4) is 0 Å². The molecule has 1 aromatic rings. The van der Waals surface area contributed by atoms with Crippen LogP contribution in [0.5, 0.6) is 0 Å². The third-order valence-electron chi connectivity index (χ3n) is 1.64. The summed E-state index contributed by atoms with van der Waals surface area (Å²) >= 11 is 5.84. The van der Waals surface area contributed by atoms with Crippen molar-refractivity contribution in [3.63, 3.8) is 0 Å². The standard InChI is InChI=1S/C9H11ClN2O2/c1-2-14-7(13)5-6-3-4-12-9(11)8(6)10/h3-4H,2,5H2,1H3,(H2,11,12). The molecule has 0 radical (unpaired) electrons. The van der Waals surface area contributed by atoms with Crippen molar-refractivity contribution in [1.82, 2.24) is 4.98 Å². The first kappa shape index (κ1) is 10.8. The topological polar surface area (TPSA) is 65.2 Å². The summed E-state index contributed by atoms with van der Waals surface area (Å²) < 4.78 is 4.78. The Morgan fingerprint density at radius 2 is 2.43 bits per heavy atom. The molecule has 0 spiro atoms. The van der Waals surface area contributed by atoms with E-state index in [-0.39, 0.29) is 18.2 Å². The van der Waals surface area contributed by atoms with Gasteiger partial charge in [0.2, 0.25) is 0 Å². The summed E-state index contributed by atoms with van der Waals surface area (Å²) in [5.41, 5.74) is 6.11. The molecule has 14 heavy (non-hydrogen) atoms. The van der Waals surface area contributed by atoms with Gasteiger partial charge in [-0.25, -0.2) is 4.98 Å². The third-order valence-corrected chi connectivity index (χ3v) is 2.07. The van der Waals surface area contributed by atoms with Gasteiger partial charge in [-0.15, -0.1) is 0 Å². The molecule has 76 valence electrons. The average Bonchev–Trinajstić information content (AvgIpc) is 2.13. The Balaban J connectivity index is 2.76. The van der Waals surface area contributed by atoms with Crippen molar-refractivity contribution in [1.29, 1.82) is 0 Å². The Bertz CT molecular complexity index is 342. The lowest BCUT2D eigenvalue weighted by atomic mass is 10.2. The van der Waals surface area contributed by atoms with Crippen LogP contribution in [0.1, 0.15) is 12.5 Å². The number of carbonyl (C=O) groups excluding carboxylic acids is 1. The van der Waals surface area contributed by atoms with Gasteiger partial charge in [0.25, 0.3) is 0 Å². The minimum Gasteiger partial charge on any atom is -0.466 e. The van der Waals surface area contributed by atoms with E-state index in [1.54, 1.807) is 13.0 Å². The number of aromatic nitrogens is 1. The zero-order chi connectivity index (χ0) is 10.6. The van der Waals surface area contributed by atoms with Crippen LogP contribution in [0.25, 0.3) is 0 Å². The number of pyridine rings is 1. The highest BCUT2D eigenvalue weighted by atomic mass is 35.5. The quantitative estimate of drug-likeness (QED) is 0.773. The number of nitrogen functional groups attached to an aromatic ring is 1. The van der Waals surface area contributed by atoms with E-state index < -0.39 is 0 Å². The maximum Gasteiger partial charge on any atom is 0.310 e. The molecular weight excluding hydrogens is 204 g/mol. The first-order valence-corrected chi connectivity index (χ1v) is 4.57. The lowest BCUT2D eigenvalue weighted by Crippen LogP contribution is -2.08. The maximum absolute atomic E-state index is 11.1. The van der Waals surface area contributed by atoms with Crippen LogP contribution in [-0.4, -0.2) is 17.6 Å². The van der Waals surface area contributed by atoms with Gasteiger partial charge < -0.3 is 10.5 Å². The molecule has 0 saturated heterocycles. The fourth-order valence-corrected chi connectivity index (χ4v) is 1.18. The van der Waals surface area contributed by atoms with Gasteiger partial charge in [0.1, 0.15) is 5.82 Å². The van der Waals surface area contributed by atoms with E-state index in [1.165, 1.54) is 6.20 Å². The molecule has 0 aliphatic carbocycles. The summed E-state index contributed by atoms with van der Waals surface area (Å²) in [5, 5.41) is 0.320. The first-order chi connectivity index (χ1) is 6.65. The molecule has 1 heterocycles. The number of hydrogen-bond donors (Lipinski definition) is 1. The number of hydrogen-bond acceptors (Lipinski definition) is 4. The zero-order valence-electron chi connectivity index (χ0n) is 7.79. The number of ether oxygens (including phenoxy) is 1. The molecule has 1 aromatic heterocycles. The van der Waals surface area contributed by atoms with Crippen molar-refractivity contribution in [2.45, 2.75) is 13.3 Å². The van der Waals surface area contributed by atoms with Crippen LogP contribution in [0.2, 0.25) is 5.02 Å². The van der Waals surface area contributed by atoms with E-state index in [1.807, 2.05) is 0 Å². The molecule has 2 N–H and O–H groups in total. The molecule has 0 bridgehead atoms. The monoisotopic (exact) mass is 214 g/mol. The minimum absolute atomic E-state index is 0.124. The Kier molecular flexibility index (Phi) is 3.71. The summed E-state index contributed by atoms with van der Waals surface area (Å²) in [6.45, 7) is 2.11. The molecule has 0 atom stereocenters. The summed E-state index contributed by atoms with van der Waals surface area (Å²) in [7, 11) is 0. The van der Waals surface area contributed by atoms with Crippen LogP contribution in [0.4, 0.5) is 5.82 Å². The van der Waals surface area contributed by atoms with E-state index in [2.05, 4.69) is 4.98 Å². The number of nitrogens with zero attached hydrogens (tertiary/aromatic N) is 1. The van der Waals surface area contributed by atoms with Gasteiger partial charge in [0.15, 0.2) is 0 Å². The molecule has 0 aliphatic heterocycles. The van der Waals surface area contributed by atoms with Crippen molar-refractivity contribution in [3.05, 3.63) is 22.8 Å². The summed E-state index contributed by atoms with van der Waals surface area (Å²) in [6, 6.07) is 1.65. The molecular formula is C9H11ClN2O2. The molecule has 0 aliphatic rings. The van der Waals surface area contributed by atoms with E-state index in [0.29, 0.717) is 17.2 Å². The number of anilines is 1. The Labute approximate surface area is 87.0 Å². The molecule has 0 saturated carbocycles. The molecule has 5 heteroatoms. The smallest absolute Gasteiger partial charge is 0.310 e. The number of esters is 1. The van der Waals surface area contributed by atoms with E-state index in [4.69, 9.17) is 22.1 Å². The van der Waals surface area contributed by atoms with Crippen molar-refractivity contribution in [2.24, 2.45) is 0 Å². The minimum atomic E-state index is -0.319. The highest BCUT2D eigenvalue weighted by Crippen LogP contribution is 2.21. The van der Waals surface area contributed by atoms with Gasteiger partial charge in [-0.2, -0.15) is 0 Å². The van der Waals surface area contributed by atoms with E-state index in [0.717, 1.165) is 0 Å². The highest BCUT2D eigenvalue weighted by molar-refractivity contribution is 6.33. The lowest BCUT2D eigenvalue weighted by Gasteiger charge is -2.05. The van der Waals surface area contributed by atoms with Gasteiger partial charge in [-0.05, 0) is 18.6 Å². The maximum atomic E-state index is 11.1. The Morgan fingerprint density at radius 1 is 1.71 bits per heavy atom. The van der Waals surface area contributed by atoms with Crippen LogP contribution < -0.4 is 5.73 Å². The van der Waals surface area contributed by atoms with E-state index in [9.17, 15) is 4.79 Å². The van der Waals surface area contributed by atoms with Gasteiger partial charge in [-0.3, -0.25) is 4.79 Å². The van der Waals surface area contributed by atoms with Gasteiger partial charge in [-0.1, -0.05) is 11.6 Å². The Hall–Kier alpha value is -1.29. The zero-order valence-corrected chi connectivity index (χ0v) is 8.54. The van der Waals surface area contributed by atoms with Gasteiger partial charge in [0.05, 0.1) is 18.1 Å². The predicted molar refractivity (Wildman–Crippen MR) is 54.0 cm³/mol. The summed E-state index contributed by atoms with van der Waals surface area (Å²) in [6.07, 6.45) is 1.63. The van der Waals surface area contributed by atoms with Crippen LogP contribution in [0.3, 0.4) is 0 Å². The molecule has 0 amide bonds.